The van der Waals surface area contributed by atoms with Gasteiger partial charge in [0, 0.05) is 34.8 Å². The summed E-state index contributed by atoms with van der Waals surface area (Å²) in [5.41, 5.74) is 0.922. The molecule has 0 amide bonds. The molecule has 0 radical (unpaired) electrons. The number of aromatic amines is 1. The quantitative estimate of drug-likeness (QED) is 0.434. The molecule has 3 aromatic rings. The molecule has 30 heavy (non-hydrogen) atoms. The number of hydrogen-bond donors (Lipinski definition) is 2. The van der Waals surface area contributed by atoms with Crippen LogP contribution >= 0.6 is 11.6 Å². The lowest BCUT2D eigenvalue weighted by Crippen LogP contribution is -2.39. The maximum atomic E-state index is 15.9. The number of hydrogen-bond acceptors (Lipinski definition) is 3. The second-order valence-corrected chi connectivity index (χ2v) is 9.67. The number of fused-ring (bicyclic) bond motifs is 2. The first-order valence-corrected chi connectivity index (χ1v) is 10.2. The molecule has 4 nitrogen and oxygen atoms in total. The van der Waals surface area contributed by atoms with E-state index < -0.39 is 22.8 Å². The zero-order chi connectivity index (χ0) is 21.8. The van der Waals surface area contributed by atoms with E-state index in [1.165, 1.54) is 6.07 Å². The molecule has 0 saturated carbocycles. The van der Waals surface area contributed by atoms with Gasteiger partial charge in [-0.1, -0.05) is 35.0 Å². The van der Waals surface area contributed by atoms with Gasteiger partial charge in [-0.2, -0.15) is 0 Å². The molecule has 0 bridgehead atoms. The Hall–Kier alpha value is -2.60. The molecular weight excluding hydrogens is 408 g/mol. The SMILES string of the molecule is CC1(C)C/C(=N/OC(C)(C)C)c2c(cc(F)c(-c3cccc4c(Cl)c[nH]c34)c2F)N1. The van der Waals surface area contributed by atoms with Crippen LogP contribution in [0.5, 0.6) is 0 Å². The van der Waals surface area contributed by atoms with Gasteiger partial charge < -0.3 is 15.1 Å². The molecule has 2 heterocycles. The van der Waals surface area contributed by atoms with Gasteiger partial charge in [0.15, 0.2) is 0 Å². The summed E-state index contributed by atoms with van der Waals surface area (Å²) in [5, 5.41) is 8.69. The minimum absolute atomic E-state index is 0.122. The normalized spacial score (nSPS) is 17.1. The monoisotopic (exact) mass is 431 g/mol. The van der Waals surface area contributed by atoms with Crippen LogP contribution in [0.25, 0.3) is 22.0 Å². The zero-order valence-electron chi connectivity index (χ0n) is 17.6. The number of para-hydroxylation sites is 1. The van der Waals surface area contributed by atoms with Crippen LogP contribution in [0.4, 0.5) is 14.5 Å². The Morgan fingerprint density at radius 2 is 1.90 bits per heavy atom. The first kappa shape index (κ1) is 20.7. The van der Waals surface area contributed by atoms with Gasteiger partial charge in [-0.15, -0.1) is 0 Å². The summed E-state index contributed by atoms with van der Waals surface area (Å²) < 4.78 is 31.1. The number of nitrogens with one attached hydrogen (secondary N) is 2. The van der Waals surface area contributed by atoms with Crippen LogP contribution in [0.15, 0.2) is 35.6 Å². The van der Waals surface area contributed by atoms with Crippen LogP contribution in [0.2, 0.25) is 5.02 Å². The molecule has 1 aromatic heterocycles. The van der Waals surface area contributed by atoms with Crippen molar-refractivity contribution < 1.29 is 13.6 Å². The van der Waals surface area contributed by atoms with E-state index in [9.17, 15) is 0 Å². The minimum atomic E-state index is -0.678. The summed E-state index contributed by atoms with van der Waals surface area (Å²) >= 11 is 6.20. The van der Waals surface area contributed by atoms with Crippen molar-refractivity contribution in [1.82, 2.24) is 4.98 Å². The molecule has 1 aliphatic rings. The molecule has 158 valence electrons. The second kappa shape index (κ2) is 6.98. The molecule has 0 saturated heterocycles. The zero-order valence-corrected chi connectivity index (χ0v) is 18.3. The maximum Gasteiger partial charge on any atom is 0.145 e. The Morgan fingerprint density at radius 3 is 2.60 bits per heavy atom. The van der Waals surface area contributed by atoms with E-state index in [-0.39, 0.29) is 11.1 Å². The highest BCUT2D eigenvalue weighted by molar-refractivity contribution is 6.36. The van der Waals surface area contributed by atoms with Gasteiger partial charge in [0.2, 0.25) is 0 Å². The molecule has 0 aliphatic carbocycles. The highest BCUT2D eigenvalue weighted by Gasteiger charge is 2.35. The van der Waals surface area contributed by atoms with E-state index in [0.717, 1.165) is 0 Å². The fourth-order valence-corrected chi connectivity index (χ4v) is 3.97. The van der Waals surface area contributed by atoms with Gasteiger partial charge >= 0.3 is 0 Å². The van der Waals surface area contributed by atoms with Gasteiger partial charge in [0.05, 0.1) is 27.4 Å². The van der Waals surface area contributed by atoms with Crippen LogP contribution in [-0.2, 0) is 4.84 Å². The maximum absolute atomic E-state index is 15.9. The predicted molar refractivity (Wildman–Crippen MR) is 118 cm³/mol. The molecule has 1 aliphatic heterocycles. The van der Waals surface area contributed by atoms with Gasteiger partial charge in [-0.25, -0.2) is 8.78 Å². The number of aromatic nitrogens is 1. The topological polar surface area (TPSA) is 49.4 Å². The van der Waals surface area contributed by atoms with Crippen molar-refractivity contribution in [2.45, 2.75) is 52.2 Å². The van der Waals surface area contributed by atoms with Crippen molar-refractivity contribution >= 4 is 33.9 Å². The lowest BCUT2D eigenvalue weighted by molar-refractivity contribution is 0.000463. The third-order valence-corrected chi connectivity index (χ3v) is 5.27. The van der Waals surface area contributed by atoms with E-state index in [4.69, 9.17) is 16.4 Å². The van der Waals surface area contributed by atoms with Gasteiger partial charge in [-0.05, 0) is 40.7 Å². The van der Waals surface area contributed by atoms with E-state index in [2.05, 4.69) is 15.5 Å². The third kappa shape index (κ3) is 3.65. The van der Waals surface area contributed by atoms with Gasteiger partial charge in [0.25, 0.3) is 0 Å². The highest BCUT2D eigenvalue weighted by Crippen LogP contribution is 2.41. The van der Waals surface area contributed by atoms with Crippen molar-refractivity contribution in [2.75, 3.05) is 5.32 Å². The first-order valence-electron chi connectivity index (χ1n) is 9.78. The smallest absolute Gasteiger partial charge is 0.145 e. The molecule has 0 spiro atoms. The minimum Gasteiger partial charge on any atom is -0.390 e. The Morgan fingerprint density at radius 1 is 1.17 bits per heavy atom. The van der Waals surface area contributed by atoms with Crippen molar-refractivity contribution in [2.24, 2.45) is 5.16 Å². The predicted octanol–water partition coefficient (Wildman–Crippen LogP) is 6.88. The number of halogens is 3. The van der Waals surface area contributed by atoms with E-state index in [1.807, 2.05) is 34.6 Å². The molecule has 0 fully saturated rings. The van der Waals surface area contributed by atoms with Crippen LogP contribution in [0.3, 0.4) is 0 Å². The number of nitrogens with zero attached hydrogens (tertiary/aromatic N) is 1. The molecule has 7 heteroatoms. The standard InChI is InChI=1S/C23H24ClF2N3O/c1-22(2,3)30-29-17-10-23(4,5)28-16-9-15(25)18(20(26)19(16)17)13-8-6-7-12-14(24)11-27-21(12)13/h6-9,11,27-28H,10H2,1-5H3/b29-17-. The van der Waals surface area contributed by atoms with E-state index in [0.29, 0.717) is 39.3 Å². The Balaban J connectivity index is 1.96. The Bertz CT molecular complexity index is 1180. The second-order valence-electron chi connectivity index (χ2n) is 9.26. The summed E-state index contributed by atoms with van der Waals surface area (Å²) in [4.78, 5) is 8.62. The molecule has 0 unspecified atom stereocenters. The van der Waals surface area contributed by atoms with Crippen LogP contribution < -0.4 is 5.32 Å². The first-order chi connectivity index (χ1) is 14.0. The third-order valence-electron chi connectivity index (χ3n) is 4.95. The lowest BCUT2D eigenvalue weighted by Gasteiger charge is -2.35. The number of anilines is 1. The molecule has 2 aromatic carbocycles. The average molecular weight is 432 g/mol. The van der Waals surface area contributed by atoms with E-state index >= 15 is 8.78 Å². The summed E-state index contributed by atoms with van der Waals surface area (Å²) in [7, 11) is 0. The number of H-pyrrole nitrogens is 1. The molecular formula is C23H24ClF2N3O. The largest absolute Gasteiger partial charge is 0.390 e. The number of oxime groups is 1. The summed E-state index contributed by atoms with van der Waals surface area (Å²) in [6.45, 7) is 9.51. The fraction of sp³-hybridized carbons (Fsp3) is 0.348. The lowest BCUT2D eigenvalue weighted by atomic mass is 9.85. The molecule has 2 N–H and O–H groups in total. The molecule has 4 rings (SSSR count). The summed E-state index contributed by atoms with van der Waals surface area (Å²) in [6.07, 6.45) is 2.04. The van der Waals surface area contributed by atoms with Gasteiger partial charge in [0.1, 0.15) is 17.2 Å². The Kier molecular flexibility index (Phi) is 4.81. The van der Waals surface area contributed by atoms with Gasteiger partial charge in [-0.3, -0.25) is 0 Å². The van der Waals surface area contributed by atoms with Crippen LogP contribution in [-0.4, -0.2) is 21.8 Å². The van der Waals surface area contributed by atoms with Crippen LogP contribution in [0, 0.1) is 11.6 Å². The Labute approximate surface area is 179 Å². The van der Waals surface area contributed by atoms with Crippen molar-refractivity contribution in [3.8, 4) is 11.1 Å². The number of rotatable bonds is 2. The highest BCUT2D eigenvalue weighted by atomic mass is 35.5. The van der Waals surface area contributed by atoms with Crippen molar-refractivity contribution in [1.29, 1.82) is 0 Å². The fourth-order valence-electron chi connectivity index (χ4n) is 3.76. The number of benzene rings is 2. The summed E-state index contributed by atoms with van der Waals surface area (Å²) in [6, 6.07) is 6.53. The summed E-state index contributed by atoms with van der Waals surface area (Å²) in [5.74, 6) is -1.34. The van der Waals surface area contributed by atoms with Crippen LogP contribution in [0.1, 0.15) is 46.6 Å². The average Bonchev–Trinajstić information content (AvgIpc) is 3.00. The van der Waals surface area contributed by atoms with Crippen molar-refractivity contribution in [3.63, 3.8) is 0 Å². The van der Waals surface area contributed by atoms with E-state index in [1.54, 1.807) is 24.4 Å². The van der Waals surface area contributed by atoms with Crippen molar-refractivity contribution in [3.05, 3.63) is 52.7 Å². The molecule has 0 atom stereocenters.